The average Bonchev–Trinajstić information content (AvgIpc) is 3.46. The molecule has 7 heteroatoms. The van der Waals surface area contributed by atoms with Crippen LogP contribution in [0.25, 0.3) is 31.3 Å². The zero-order valence-electron chi connectivity index (χ0n) is 27.1. The number of fused-ring (bicyclic) bond motifs is 3. The minimum atomic E-state index is -1.06. The highest BCUT2D eigenvalue weighted by molar-refractivity contribution is 7.26. The number of rotatable bonds is 9. The largest absolute Gasteiger partial charge is 0.427 e. The normalized spacial score (nSPS) is 12.9. The second-order valence-electron chi connectivity index (χ2n) is 12.5. The quantitative estimate of drug-likeness (QED) is 0.0983. The molecular weight excluding hydrogens is 597 g/mol. The Bertz CT molecular complexity index is 2080. The molecular formula is C40H37BN3O2S. The highest BCUT2D eigenvalue weighted by Crippen LogP contribution is 2.36. The molecule has 6 aromatic rings. The number of aliphatic hydroxyl groups is 1. The van der Waals surface area contributed by atoms with Gasteiger partial charge in [-0.1, -0.05) is 121 Å². The van der Waals surface area contributed by atoms with E-state index in [-0.39, 0.29) is 0 Å². The zero-order chi connectivity index (χ0) is 33.0. The van der Waals surface area contributed by atoms with Crippen molar-refractivity contribution in [2.75, 3.05) is 0 Å². The van der Waals surface area contributed by atoms with E-state index in [1.165, 1.54) is 10.3 Å². The number of hydrogen-bond donors (Lipinski definition) is 1. The van der Waals surface area contributed by atoms with Gasteiger partial charge in [-0.2, -0.15) is 0 Å². The molecule has 6 rings (SSSR count). The molecule has 1 heterocycles. The molecule has 47 heavy (non-hydrogen) atoms. The Labute approximate surface area is 281 Å². The zero-order valence-corrected chi connectivity index (χ0v) is 28.0. The summed E-state index contributed by atoms with van der Waals surface area (Å²) in [5.74, 6) is 1.05. The third-order valence-electron chi connectivity index (χ3n) is 8.57. The van der Waals surface area contributed by atoms with E-state index < -0.39 is 11.2 Å². The summed E-state index contributed by atoms with van der Waals surface area (Å²) in [6, 6.07) is 41.2. The molecule has 0 saturated carbocycles. The number of amidine groups is 2. The molecule has 0 bridgehead atoms. The van der Waals surface area contributed by atoms with E-state index in [2.05, 4.69) is 84.5 Å². The lowest BCUT2D eigenvalue weighted by atomic mass is 9.81. The smallest absolute Gasteiger partial charge is 0.330 e. The van der Waals surface area contributed by atoms with Crippen molar-refractivity contribution < 1.29 is 9.76 Å². The molecule has 5 nitrogen and oxygen atoms in total. The van der Waals surface area contributed by atoms with Crippen LogP contribution in [-0.2, 0) is 11.2 Å². The first-order valence-electron chi connectivity index (χ1n) is 15.6. The summed E-state index contributed by atoms with van der Waals surface area (Å²) in [6.45, 7) is 11.5. The summed E-state index contributed by atoms with van der Waals surface area (Å²) in [6.07, 6.45) is 0. The molecule has 1 radical (unpaired) electrons. The van der Waals surface area contributed by atoms with Crippen molar-refractivity contribution in [2.45, 2.75) is 45.4 Å². The Morgan fingerprint density at radius 1 is 0.766 bits per heavy atom. The average molecular weight is 635 g/mol. The number of hydrogen-bond acceptors (Lipinski definition) is 4. The third-order valence-corrected chi connectivity index (χ3v) is 9.79. The van der Waals surface area contributed by atoms with E-state index in [1.54, 1.807) is 32.7 Å². The standard InChI is InChI=1S/C40H37BN3O2S/c1-39(2,45)40(3,4)46-41-31-24-33-32-18-12-13-19-35(32)47-36(33)34(25-31)38(44-37(42-5)30-16-10-7-11-17-30)43-26-27-20-22-29(23-21-27)28-14-8-6-9-15-28/h6-25,45H,5,26H2,1-4H3. The van der Waals surface area contributed by atoms with Crippen LogP contribution < -0.4 is 5.46 Å². The second-order valence-corrected chi connectivity index (χ2v) is 13.6. The maximum atomic E-state index is 10.7. The Morgan fingerprint density at radius 3 is 2.09 bits per heavy atom. The van der Waals surface area contributed by atoms with Gasteiger partial charge in [-0.15, -0.1) is 11.3 Å². The van der Waals surface area contributed by atoms with Crippen molar-refractivity contribution in [3.05, 3.63) is 138 Å². The SMILES string of the molecule is C=NC(=NC(=NCc1ccc(-c2ccccc2)cc1)c1cc([B]OC(C)(C)C(C)(C)O)cc2c1sc1ccccc12)c1ccccc1. The lowest BCUT2D eigenvalue weighted by molar-refractivity contribution is -0.0893. The summed E-state index contributed by atoms with van der Waals surface area (Å²) >= 11 is 1.71. The summed E-state index contributed by atoms with van der Waals surface area (Å²) in [5.41, 5.74) is 4.08. The van der Waals surface area contributed by atoms with E-state index in [0.717, 1.165) is 43.2 Å². The monoisotopic (exact) mass is 634 g/mol. The van der Waals surface area contributed by atoms with Crippen molar-refractivity contribution >= 4 is 62.8 Å². The van der Waals surface area contributed by atoms with Gasteiger partial charge in [-0.05, 0) is 57.2 Å². The second kappa shape index (κ2) is 13.6. The van der Waals surface area contributed by atoms with Gasteiger partial charge in [0.15, 0.2) is 11.7 Å². The van der Waals surface area contributed by atoms with Crippen LogP contribution in [0.2, 0.25) is 0 Å². The van der Waals surface area contributed by atoms with Crippen molar-refractivity contribution in [3.63, 3.8) is 0 Å². The van der Waals surface area contributed by atoms with Crippen LogP contribution in [-0.4, -0.2) is 42.2 Å². The van der Waals surface area contributed by atoms with Crippen molar-refractivity contribution in [2.24, 2.45) is 15.0 Å². The highest BCUT2D eigenvalue weighted by atomic mass is 32.1. The van der Waals surface area contributed by atoms with Gasteiger partial charge in [-0.25, -0.2) is 9.98 Å². The molecule has 0 saturated heterocycles. The maximum absolute atomic E-state index is 10.7. The molecule has 5 aromatic carbocycles. The minimum Gasteiger partial charge on any atom is -0.427 e. The van der Waals surface area contributed by atoms with Crippen molar-refractivity contribution in [3.8, 4) is 11.1 Å². The molecule has 233 valence electrons. The summed E-state index contributed by atoms with van der Waals surface area (Å²) in [7, 11) is 1.72. The summed E-state index contributed by atoms with van der Waals surface area (Å²) in [5, 5.41) is 13.0. The third kappa shape index (κ3) is 7.18. The number of nitrogens with zero attached hydrogens (tertiary/aromatic N) is 3. The Kier molecular flexibility index (Phi) is 9.32. The first-order chi connectivity index (χ1) is 22.6. The first kappa shape index (κ1) is 32.3. The van der Waals surface area contributed by atoms with Crippen molar-refractivity contribution in [1.29, 1.82) is 0 Å². The minimum absolute atomic E-state index is 0.426. The van der Waals surface area contributed by atoms with E-state index in [1.807, 2.05) is 62.4 Å². The molecule has 0 amide bonds. The number of thiophene rings is 1. The van der Waals surface area contributed by atoms with Crippen LogP contribution in [0, 0.1) is 0 Å². The van der Waals surface area contributed by atoms with E-state index in [4.69, 9.17) is 14.6 Å². The highest BCUT2D eigenvalue weighted by Gasteiger charge is 2.35. The fourth-order valence-electron chi connectivity index (χ4n) is 5.10. The lowest BCUT2D eigenvalue weighted by Crippen LogP contribution is -2.49. The molecule has 0 aliphatic rings. The van der Waals surface area contributed by atoms with Gasteiger partial charge >= 0.3 is 7.48 Å². The van der Waals surface area contributed by atoms with Crippen LogP contribution in [0.15, 0.2) is 136 Å². The predicted octanol–water partition coefficient (Wildman–Crippen LogP) is 8.63. The Morgan fingerprint density at radius 2 is 1.40 bits per heavy atom. The predicted molar refractivity (Wildman–Crippen MR) is 201 cm³/mol. The molecule has 0 unspecified atom stereocenters. The van der Waals surface area contributed by atoms with Crippen LogP contribution in [0.5, 0.6) is 0 Å². The van der Waals surface area contributed by atoms with Crippen LogP contribution in [0.4, 0.5) is 0 Å². The Hall–Kier alpha value is -4.69. The van der Waals surface area contributed by atoms with E-state index >= 15 is 0 Å². The van der Waals surface area contributed by atoms with Gasteiger partial charge in [0, 0.05) is 31.3 Å². The molecule has 0 aliphatic carbocycles. The maximum Gasteiger partial charge on any atom is 0.330 e. The van der Waals surface area contributed by atoms with E-state index in [0.29, 0.717) is 18.2 Å². The van der Waals surface area contributed by atoms with Gasteiger partial charge in [0.1, 0.15) is 0 Å². The Balaban J connectivity index is 1.48. The number of aliphatic imine (C=N–C) groups is 3. The van der Waals surface area contributed by atoms with Gasteiger partial charge < -0.3 is 9.76 Å². The lowest BCUT2D eigenvalue weighted by Gasteiger charge is -2.37. The molecule has 1 aromatic heterocycles. The fraction of sp³-hybridized carbons (Fsp3) is 0.175. The topological polar surface area (TPSA) is 66.5 Å². The van der Waals surface area contributed by atoms with Crippen LogP contribution >= 0.6 is 11.3 Å². The molecule has 0 fully saturated rings. The van der Waals surface area contributed by atoms with E-state index in [9.17, 15) is 5.11 Å². The molecule has 0 spiro atoms. The molecule has 1 N–H and O–H groups in total. The molecule has 0 aliphatic heterocycles. The molecule has 0 atom stereocenters. The van der Waals surface area contributed by atoms with Crippen LogP contribution in [0.1, 0.15) is 44.4 Å². The van der Waals surface area contributed by atoms with Gasteiger partial charge in [0.25, 0.3) is 0 Å². The number of benzene rings is 5. The van der Waals surface area contributed by atoms with Crippen molar-refractivity contribution in [1.82, 2.24) is 0 Å². The van der Waals surface area contributed by atoms with Gasteiger partial charge in [-0.3, -0.25) is 4.99 Å². The van der Waals surface area contributed by atoms with Crippen LogP contribution in [0.3, 0.4) is 0 Å². The first-order valence-corrected chi connectivity index (χ1v) is 16.4. The van der Waals surface area contributed by atoms with Gasteiger partial charge in [0.05, 0.1) is 17.7 Å². The summed E-state index contributed by atoms with van der Waals surface area (Å²) in [4.78, 5) is 14.5. The summed E-state index contributed by atoms with van der Waals surface area (Å²) < 4.78 is 8.47. The fourth-order valence-corrected chi connectivity index (χ4v) is 6.30. The van der Waals surface area contributed by atoms with Gasteiger partial charge in [0.2, 0.25) is 0 Å².